The minimum Gasteiger partial charge on any atom is -0.382 e. The molecule has 0 bridgehead atoms. The fourth-order valence-electron chi connectivity index (χ4n) is 6.64. The van der Waals surface area contributed by atoms with Crippen LogP contribution in [0.5, 0.6) is 0 Å². The second-order valence-electron chi connectivity index (χ2n) is 11.1. The first-order valence-corrected chi connectivity index (χ1v) is 14.3. The van der Waals surface area contributed by atoms with Crippen LogP contribution in [0.4, 0.5) is 5.69 Å². The molecule has 0 unspecified atom stereocenters. The maximum atomic E-state index is 12.9. The Kier molecular flexibility index (Phi) is 7.22. The number of fused-ring (bicyclic) bond motifs is 3. The van der Waals surface area contributed by atoms with Gasteiger partial charge in [0.15, 0.2) is 0 Å². The van der Waals surface area contributed by atoms with Crippen molar-refractivity contribution < 1.29 is 14.3 Å². The molecule has 2 fully saturated rings. The zero-order valence-electron chi connectivity index (χ0n) is 22.1. The number of hydrogen-bond donors (Lipinski definition) is 2. The van der Waals surface area contributed by atoms with Crippen LogP contribution in [-0.4, -0.2) is 59.7 Å². The van der Waals surface area contributed by atoms with Gasteiger partial charge in [0.1, 0.15) is 0 Å². The average Bonchev–Trinajstić information content (AvgIpc) is 3.56. The van der Waals surface area contributed by atoms with Gasteiger partial charge in [-0.05, 0) is 88.2 Å². The third kappa shape index (κ3) is 4.97. The van der Waals surface area contributed by atoms with Crippen LogP contribution in [0.3, 0.4) is 0 Å². The van der Waals surface area contributed by atoms with Crippen LogP contribution in [0.2, 0.25) is 0 Å². The summed E-state index contributed by atoms with van der Waals surface area (Å²) in [5.41, 5.74) is 11.2. The molecule has 1 saturated heterocycles. The Morgan fingerprint density at radius 2 is 1.79 bits per heavy atom. The average molecular weight is 515 g/mol. The molecule has 3 aliphatic rings. The molecule has 0 spiro atoms. The van der Waals surface area contributed by atoms with Crippen molar-refractivity contribution in [1.82, 2.24) is 9.47 Å². The van der Waals surface area contributed by atoms with E-state index in [0.717, 1.165) is 85.1 Å². The molecule has 38 heavy (non-hydrogen) atoms. The Morgan fingerprint density at radius 3 is 2.58 bits per heavy atom. The lowest BCUT2D eigenvalue weighted by Gasteiger charge is -2.31. The number of nitrogens with two attached hydrogens (primary N) is 1. The summed E-state index contributed by atoms with van der Waals surface area (Å²) in [6, 6.07) is 14.2. The number of likely N-dealkylation sites (tertiary alicyclic amines) is 1. The van der Waals surface area contributed by atoms with Gasteiger partial charge in [0.2, 0.25) is 5.91 Å². The number of nitrogens with one attached hydrogen (secondary N) is 1. The van der Waals surface area contributed by atoms with E-state index in [2.05, 4.69) is 22.3 Å². The van der Waals surface area contributed by atoms with Gasteiger partial charge in [-0.15, -0.1) is 0 Å². The molecular weight excluding hydrogens is 476 g/mol. The fourth-order valence-corrected chi connectivity index (χ4v) is 6.64. The van der Waals surface area contributed by atoms with Gasteiger partial charge >= 0.3 is 0 Å². The second kappa shape index (κ2) is 10.9. The van der Waals surface area contributed by atoms with Crippen LogP contribution in [0.15, 0.2) is 42.5 Å². The fraction of sp³-hybridized carbons (Fsp3) is 0.484. The third-order valence-electron chi connectivity index (χ3n) is 8.59. The molecule has 3 aromatic rings. The van der Waals surface area contributed by atoms with Gasteiger partial charge in [-0.1, -0.05) is 24.3 Å². The summed E-state index contributed by atoms with van der Waals surface area (Å²) in [5, 5.41) is 4.72. The van der Waals surface area contributed by atoms with Crippen LogP contribution in [0.1, 0.15) is 72.2 Å². The van der Waals surface area contributed by atoms with E-state index in [1.54, 1.807) is 0 Å². The molecule has 6 rings (SSSR count). The summed E-state index contributed by atoms with van der Waals surface area (Å²) in [4.78, 5) is 27.7. The second-order valence-corrected chi connectivity index (χ2v) is 11.1. The summed E-state index contributed by atoms with van der Waals surface area (Å²) >= 11 is 0. The summed E-state index contributed by atoms with van der Waals surface area (Å²) in [5.74, 6) is -0.280. The molecule has 3 heterocycles. The van der Waals surface area contributed by atoms with Crippen molar-refractivity contribution in [2.24, 2.45) is 5.73 Å². The number of rotatable bonds is 8. The molecule has 2 aliphatic heterocycles. The number of para-hydroxylation sites is 1. The van der Waals surface area contributed by atoms with E-state index in [0.29, 0.717) is 18.1 Å². The summed E-state index contributed by atoms with van der Waals surface area (Å²) in [6.45, 7) is 4.27. The quantitative estimate of drug-likeness (QED) is 0.430. The van der Waals surface area contributed by atoms with E-state index in [9.17, 15) is 9.59 Å². The van der Waals surface area contributed by atoms with Crippen molar-refractivity contribution in [3.8, 4) is 11.1 Å². The maximum Gasteiger partial charge on any atom is 0.250 e. The topological polar surface area (TPSA) is 89.6 Å². The Morgan fingerprint density at radius 1 is 1.00 bits per heavy atom. The number of anilines is 1. The number of aromatic nitrogens is 1. The summed E-state index contributed by atoms with van der Waals surface area (Å²) in [7, 11) is 0. The number of primary amides is 1. The van der Waals surface area contributed by atoms with Gasteiger partial charge in [0.05, 0.1) is 23.8 Å². The van der Waals surface area contributed by atoms with Crippen molar-refractivity contribution in [2.45, 2.75) is 69.9 Å². The van der Waals surface area contributed by atoms with Crippen molar-refractivity contribution >= 4 is 28.4 Å². The highest BCUT2D eigenvalue weighted by atomic mass is 16.5. The van der Waals surface area contributed by atoms with Crippen LogP contribution in [-0.2, 0) is 11.2 Å². The van der Waals surface area contributed by atoms with Gasteiger partial charge in [0.25, 0.3) is 5.91 Å². The number of carbonyl (C=O) groups is 2. The first-order valence-electron chi connectivity index (χ1n) is 14.3. The molecule has 1 saturated carbocycles. The van der Waals surface area contributed by atoms with Crippen molar-refractivity contribution in [3.05, 3.63) is 53.7 Å². The van der Waals surface area contributed by atoms with Crippen LogP contribution in [0, 0.1) is 0 Å². The zero-order valence-corrected chi connectivity index (χ0v) is 22.1. The smallest absolute Gasteiger partial charge is 0.250 e. The zero-order chi connectivity index (χ0) is 26.1. The van der Waals surface area contributed by atoms with Crippen LogP contribution in [0.25, 0.3) is 22.0 Å². The molecule has 200 valence electrons. The standard InChI is InChI=1S/C31H38N4O3/c32-31(37)24-15-10-21(30-25-6-1-2-7-27(25)35-28(30)8-5-9-29(35)36)20-26(24)33-22-11-13-23(14-12-22)38-19-18-34-16-3-4-17-34/h1-2,6-7,10,15,20,22-23,33H,3-5,8-9,11-14,16-19H2,(H2,32,37)/t22-,23-. The number of nitrogens with zero attached hydrogens (tertiary/aromatic N) is 2. The Hall–Kier alpha value is -3.16. The normalized spacial score (nSPS) is 22.1. The van der Waals surface area contributed by atoms with Crippen LogP contribution >= 0.6 is 0 Å². The molecule has 3 N–H and O–H groups in total. The Labute approximate surface area is 224 Å². The Balaban J connectivity index is 1.20. The SMILES string of the molecule is NC(=O)c1ccc(-c2c3n(c4ccccc24)C(=O)CCC3)cc1N[C@H]1CC[C@H](OCCN2CCCC2)CC1. The monoisotopic (exact) mass is 514 g/mol. The lowest BCUT2D eigenvalue weighted by atomic mass is 9.92. The van der Waals surface area contributed by atoms with E-state index in [4.69, 9.17) is 10.5 Å². The molecule has 1 amide bonds. The summed E-state index contributed by atoms with van der Waals surface area (Å²) in [6.07, 6.45) is 9.25. The van der Waals surface area contributed by atoms with Gasteiger partial charge in [-0.3, -0.25) is 14.2 Å². The lowest BCUT2D eigenvalue weighted by molar-refractivity contribution is 0.0170. The minimum absolute atomic E-state index is 0.153. The number of carbonyl (C=O) groups excluding carboxylic acids is 2. The molecule has 7 heteroatoms. The first-order chi connectivity index (χ1) is 18.6. The predicted molar refractivity (Wildman–Crippen MR) is 151 cm³/mol. The molecule has 0 atom stereocenters. The lowest BCUT2D eigenvalue weighted by Crippen LogP contribution is -2.32. The van der Waals surface area contributed by atoms with Crippen molar-refractivity contribution in [3.63, 3.8) is 0 Å². The van der Waals surface area contributed by atoms with E-state index in [1.165, 1.54) is 25.9 Å². The molecule has 0 radical (unpaired) electrons. The third-order valence-corrected chi connectivity index (χ3v) is 8.59. The van der Waals surface area contributed by atoms with E-state index >= 15 is 0 Å². The van der Waals surface area contributed by atoms with Crippen molar-refractivity contribution in [2.75, 3.05) is 31.6 Å². The molecular formula is C31H38N4O3. The minimum atomic E-state index is -0.433. The van der Waals surface area contributed by atoms with E-state index in [1.807, 2.05) is 34.9 Å². The summed E-state index contributed by atoms with van der Waals surface area (Å²) < 4.78 is 8.10. The van der Waals surface area contributed by atoms with E-state index in [-0.39, 0.29) is 11.9 Å². The van der Waals surface area contributed by atoms with Gasteiger partial charge in [0, 0.05) is 41.3 Å². The predicted octanol–water partition coefficient (Wildman–Crippen LogP) is 5.22. The number of hydrogen-bond acceptors (Lipinski definition) is 5. The van der Waals surface area contributed by atoms with Gasteiger partial charge in [-0.25, -0.2) is 0 Å². The highest BCUT2D eigenvalue weighted by Crippen LogP contribution is 2.39. The first kappa shape index (κ1) is 25.1. The number of ether oxygens (including phenoxy) is 1. The molecule has 2 aromatic carbocycles. The number of benzene rings is 2. The van der Waals surface area contributed by atoms with Gasteiger partial charge in [-0.2, -0.15) is 0 Å². The Bertz CT molecular complexity index is 1330. The molecule has 7 nitrogen and oxygen atoms in total. The van der Waals surface area contributed by atoms with Crippen LogP contribution < -0.4 is 11.1 Å². The van der Waals surface area contributed by atoms with E-state index < -0.39 is 5.91 Å². The molecule has 1 aromatic heterocycles. The number of amides is 1. The van der Waals surface area contributed by atoms with Crippen molar-refractivity contribution in [1.29, 1.82) is 0 Å². The maximum absolute atomic E-state index is 12.9. The molecule has 1 aliphatic carbocycles. The highest BCUT2D eigenvalue weighted by Gasteiger charge is 2.27. The largest absolute Gasteiger partial charge is 0.382 e. The van der Waals surface area contributed by atoms with Gasteiger partial charge < -0.3 is 20.7 Å². The highest BCUT2D eigenvalue weighted by molar-refractivity contribution is 6.06.